The summed E-state index contributed by atoms with van der Waals surface area (Å²) >= 11 is 5.57. The predicted molar refractivity (Wildman–Crippen MR) is 72.6 cm³/mol. The van der Waals surface area contributed by atoms with Gasteiger partial charge >= 0.3 is 0 Å². The van der Waals surface area contributed by atoms with E-state index >= 15 is 0 Å². The smallest absolute Gasteiger partial charge is 0.142 e. The molecule has 1 aromatic rings. The molecule has 1 aliphatic carbocycles. The van der Waals surface area contributed by atoms with Crippen LogP contribution < -0.4 is 11.3 Å². The summed E-state index contributed by atoms with van der Waals surface area (Å²) in [5.74, 6) is 5.37. The fourth-order valence-electron chi connectivity index (χ4n) is 2.88. The summed E-state index contributed by atoms with van der Waals surface area (Å²) in [4.78, 5) is 0. The molecule has 0 radical (unpaired) electrons. The van der Waals surface area contributed by atoms with Gasteiger partial charge in [-0.2, -0.15) is 0 Å². The second-order valence-corrected chi connectivity index (χ2v) is 5.86. The van der Waals surface area contributed by atoms with Crippen LogP contribution in [0.3, 0.4) is 0 Å². The van der Waals surface area contributed by atoms with E-state index in [2.05, 4.69) is 12.3 Å². The normalized spacial score (nSPS) is 25.3. The summed E-state index contributed by atoms with van der Waals surface area (Å²) in [7, 11) is 0. The molecule has 0 amide bonds. The first kappa shape index (κ1) is 14.7. The lowest BCUT2D eigenvalue weighted by atomic mass is 9.77. The zero-order valence-electron chi connectivity index (χ0n) is 10.9. The van der Waals surface area contributed by atoms with E-state index in [1.54, 1.807) is 0 Å². The first-order valence-electron chi connectivity index (χ1n) is 6.63. The minimum absolute atomic E-state index is 0.200. The molecule has 0 spiro atoms. The topological polar surface area (TPSA) is 38.0 Å². The summed E-state index contributed by atoms with van der Waals surface area (Å²) in [6, 6.07) is 1.81. The maximum atomic E-state index is 14.0. The Hall–Kier alpha value is -0.710. The minimum atomic E-state index is -0.609. The lowest BCUT2D eigenvalue weighted by Gasteiger charge is -2.32. The number of nitrogens with one attached hydrogen (secondary N) is 1. The molecule has 0 saturated heterocycles. The standard InChI is InChI=1S/C14H19ClF2N2/c1-8-2-4-9(5-3-8)14(19-18)10-6-13(17)11(15)7-12(10)16/h6-9,14,19H,2-5,18H2,1H3. The van der Waals surface area contributed by atoms with Crippen LogP contribution in [-0.2, 0) is 0 Å². The molecule has 0 bridgehead atoms. The molecule has 0 aliphatic heterocycles. The van der Waals surface area contributed by atoms with Crippen molar-refractivity contribution < 1.29 is 8.78 Å². The number of benzene rings is 1. The van der Waals surface area contributed by atoms with Crippen LogP contribution in [0.2, 0.25) is 5.02 Å². The molecule has 1 aromatic carbocycles. The van der Waals surface area contributed by atoms with Crippen LogP contribution in [0.4, 0.5) is 8.78 Å². The lowest BCUT2D eigenvalue weighted by molar-refractivity contribution is 0.229. The molecular weight excluding hydrogens is 270 g/mol. The van der Waals surface area contributed by atoms with Gasteiger partial charge in [-0.05, 0) is 36.8 Å². The third-order valence-corrected chi connectivity index (χ3v) is 4.38. The SMILES string of the molecule is CC1CCC(C(NN)c2cc(F)c(Cl)cc2F)CC1. The van der Waals surface area contributed by atoms with Crippen LogP contribution in [0, 0.1) is 23.5 Å². The first-order valence-corrected chi connectivity index (χ1v) is 7.01. The van der Waals surface area contributed by atoms with Crippen molar-refractivity contribution in [3.63, 3.8) is 0 Å². The van der Waals surface area contributed by atoms with E-state index in [1.165, 1.54) is 0 Å². The molecule has 1 saturated carbocycles. The highest BCUT2D eigenvalue weighted by atomic mass is 35.5. The average Bonchev–Trinajstić information content (AvgIpc) is 2.38. The Labute approximate surface area is 117 Å². The molecule has 1 atom stereocenters. The number of hydrazine groups is 1. The van der Waals surface area contributed by atoms with Crippen LogP contribution in [-0.4, -0.2) is 0 Å². The van der Waals surface area contributed by atoms with E-state index in [-0.39, 0.29) is 22.5 Å². The van der Waals surface area contributed by atoms with Crippen molar-refractivity contribution in [3.05, 3.63) is 34.4 Å². The van der Waals surface area contributed by atoms with Gasteiger partial charge < -0.3 is 0 Å². The third kappa shape index (κ3) is 3.25. The van der Waals surface area contributed by atoms with Crippen molar-refractivity contribution in [2.45, 2.75) is 38.6 Å². The van der Waals surface area contributed by atoms with Crippen LogP contribution in [0.15, 0.2) is 12.1 Å². The number of hydrogen-bond donors (Lipinski definition) is 2. The average molecular weight is 289 g/mol. The van der Waals surface area contributed by atoms with Gasteiger partial charge in [-0.25, -0.2) is 8.78 Å². The van der Waals surface area contributed by atoms with E-state index in [0.29, 0.717) is 5.92 Å². The molecular formula is C14H19ClF2N2. The molecule has 1 fully saturated rings. The maximum Gasteiger partial charge on any atom is 0.142 e. The van der Waals surface area contributed by atoms with Crippen molar-refractivity contribution in [3.8, 4) is 0 Å². The zero-order valence-corrected chi connectivity index (χ0v) is 11.7. The number of nitrogens with two attached hydrogens (primary N) is 1. The van der Waals surface area contributed by atoms with Gasteiger partial charge in [0.2, 0.25) is 0 Å². The van der Waals surface area contributed by atoms with Gasteiger partial charge in [-0.3, -0.25) is 11.3 Å². The molecule has 2 nitrogen and oxygen atoms in total. The Kier molecular flexibility index (Phi) is 4.76. The van der Waals surface area contributed by atoms with Crippen molar-refractivity contribution in [1.29, 1.82) is 0 Å². The Morgan fingerprint density at radius 2 is 1.84 bits per heavy atom. The zero-order chi connectivity index (χ0) is 14.0. The summed E-state index contributed by atoms with van der Waals surface area (Å²) in [6.07, 6.45) is 4.14. The summed E-state index contributed by atoms with van der Waals surface area (Å²) in [6.45, 7) is 2.21. The van der Waals surface area contributed by atoms with Gasteiger partial charge in [0.15, 0.2) is 0 Å². The minimum Gasteiger partial charge on any atom is -0.271 e. The van der Waals surface area contributed by atoms with Crippen molar-refractivity contribution >= 4 is 11.6 Å². The number of halogens is 3. The van der Waals surface area contributed by atoms with Crippen molar-refractivity contribution in [2.24, 2.45) is 17.7 Å². The quantitative estimate of drug-likeness (QED) is 0.502. The van der Waals surface area contributed by atoms with Gasteiger partial charge in [0.25, 0.3) is 0 Å². The highest BCUT2D eigenvalue weighted by molar-refractivity contribution is 6.30. The Balaban J connectivity index is 2.24. The first-order chi connectivity index (χ1) is 9.02. The van der Waals surface area contributed by atoms with Crippen molar-refractivity contribution in [2.75, 3.05) is 0 Å². The number of rotatable bonds is 3. The monoisotopic (exact) mass is 288 g/mol. The van der Waals surface area contributed by atoms with E-state index in [9.17, 15) is 8.78 Å². The summed E-state index contributed by atoms with van der Waals surface area (Å²) in [5, 5.41) is -0.200. The summed E-state index contributed by atoms with van der Waals surface area (Å²) in [5.41, 5.74) is 2.91. The molecule has 5 heteroatoms. The van der Waals surface area contributed by atoms with Crippen LogP contribution in [0.1, 0.15) is 44.2 Å². The van der Waals surface area contributed by atoms with Gasteiger partial charge in [0, 0.05) is 5.56 Å². The second-order valence-electron chi connectivity index (χ2n) is 5.45. The fraction of sp³-hybridized carbons (Fsp3) is 0.571. The molecule has 1 aliphatic rings. The van der Waals surface area contributed by atoms with Gasteiger partial charge in [-0.15, -0.1) is 0 Å². The van der Waals surface area contributed by atoms with E-state index in [1.807, 2.05) is 0 Å². The van der Waals surface area contributed by atoms with Gasteiger partial charge in [0.1, 0.15) is 11.6 Å². The van der Waals surface area contributed by atoms with E-state index in [4.69, 9.17) is 17.4 Å². The molecule has 19 heavy (non-hydrogen) atoms. The predicted octanol–water partition coefficient (Wildman–Crippen LogP) is 3.95. The van der Waals surface area contributed by atoms with Crippen LogP contribution in [0.5, 0.6) is 0 Å². The molecule has 1 unspecified atom stereocenters. The van der Waals surface area contributed by atoms with Gasteiger partial charge in [-0.1, -0.05) is 31.4 Å². The molecule has 106 valence electrons. The molecule has 2 rings (SSSR count). The lowest BCUT2D eigenvalue weighted by Crippen LogP contribution is -2.35. The highest BCUT2D eigenvalue weighted by Crippen LogP contribution is 2.37. The molecule has 0 aromatic heterocycles. The van der Waals surface area contributed by atoms with Crippen molar-refractivity contribution in [1.82, 2.24) is 5.43 Å². The Bertz CT molecular complexity index is 445. The maximum absolute atomic E-state index is 14.0. The second kappa shape index (κ2) is 6.16. The number of hydrogen-bond acceptors (Lipinski definition) is 2. The highest BCUT2D eigenvalue weighted by Gasteiger charge is 2.29. The molecule has 0 heterocycles. The van der Waals surface area contributed by atoms with E-state index < -0.39 is 11.6 Å². The van der Waals surface area contributed by atoms with E-state index in [0.717, 1.165) is 37.8 Å². The van der Waals surface area contributed by atoms with Crippen LogP contribution in [0.25, 0.3) is 0 Å². The van der Waals surface area contributed by atoms with Crippen LogP contribution >= 0.6 is 11.6 Å². The third-order valence-electron chi connectivity index (χ3n) is 4.09. The summed E-state index contributed by atoms with van der Waals surface area (Å²) < 4.78 is 27.5. The largest absolute Gasteiger partial charge is 0.271 e. The Morgan fingerprint density at radius 3 is 2.42 bits per heavy atom. The van der Waals surface area contributed by atoms with Gasteiger partial charge in [0.05, 0.1) is 11.1 Å². The fourth-order valence-corrected chi connectivity index (χ4v) is 3.03. The Morgan fingerprint density at radius 1 is 1.21 bits per heavy atom. The molecule has 3 N–H and O–H groups in total.